The topological polar surface area (TPSA) is 56.0 Å². The minimum atomic E-state index is -0.161. The van der Waals surface area contributed by atoms with Gasteiger partial charge in [0.25, 0.3) is 5.56 Å². The first-order chi connectivity index (χ1) is 13.7. The van der Waals surface area contributed by atoms with Gasteiger partial charge in [-0.15, -0.1) is 11.3 Å². The molecule has 0 bridgehead atoms. The number of anilines is 1. The van der Waals surface area contributed by atoms with E-state index in [-0.39, 0.29) is 5.56 Å². The summed E-state index contributed by atoms with van der Waals surface area (Å²) in [4.78, 5) is 26.2. The monoisotopic (exact) mass is 411 g/mol. The van der Waals surface area contributed by atoms with E-state index < -0.39 is 0 Å². The summed E-state index contributed by atoms with van der Waals surface area (Å²) in [5.74, 6) is 0.645. The van der Waals surface area contributed by atoms with E-state index >= 15 is 0 Å². The van der Waals surface area contributed by atoms with Gasteiger partial charge in [-0.05, 0) is 54.6 Å². The molecule has 3 aromatic heterocycles. The number of benzene rings is 1. The lowest BCUT2D eigenvalue weighted by Gasteiger charge is -2.29. The first kappa shape index (κ1) is 17.5. The van der Waals surface area contributed by atoms with Crippen molar-refractivity contribution in [3.63, 3.8) is 0 Å². The van der Waals surface area contributed by atoms with Gasteiger partial charge >= 0.3 is 0 Å². The van der Waals surface area contributed by atoms with Gasteiger partial charge in [0.1, 0.15) is 0 Å². The van der Waals surface area contributed by atoms with Crippen LogP contribution in [0.15, 0.2) is 46.8 Å². The number of halogens is 1. The van der Waals surface area contributed by atoms with E-state index in [4.69, 9.17) is 16.6 Å². The molecule has 0 aliphatic carbocycles. The zero-order valence-corrected chi connectivity index (χ0v) is 16.9. The lowest BCUT2D eigenvalue weighted by Crippen LogP contribution is -2.36. The van der Waals surface area contributed by atoms with Crippen LogP contribution < -0.4 is 10.5 Å². The number of rotatable bonds is 3. The Balaban J connectivity index is 1.75. The fourth-order valence-corrected chi connectivity index (χ4v) is 4.69. The molecule has 4 heterocycles. The third kappa shape index (κ3) is 2.73. The Morgan fingerprint density at radius 1 is 1.21 bits per heavy atom. The van der Waals surface area contributed by atoms with Crippen molar-refractivity contribution in [2.24, 2.45) is 0 Å². The zero-order valence-electron chi connectivity index (χ0n) is 15.3. The van der Waals surface area contributed by atoms with Crippen molar-refractivity contribution < 1.29 is 0 Å². The minimum Gasteiger partial charge on any atom is -0.337 e. The fraction of sp³-hybridized carbons (Fsp3) is 0.250. The first-order valence-electron chi connectivity index (χ1n) is 9.19. The van der Waals surface area contributed by atoms with Crippen LogP contribution in [0.2, 0.25) is 5.02 Å². The highest BCUT2D eigenvalue weighted by molar-refractivity contribution is 7.10. The average Bonchev–Trinajstić information content (AvgIpc) is 3.34. The van der Waals surface area contributed by atoms with Gasteiger partial charge in [0.2, 0.25) is 5.95 Å². The second kappa shape index (κ2) is 6.76. The lowest BCUT2D eigenvalue weighted by molar-refractivity contribution is 0.696. The van der Waals surface area contributed by atoms with E-state index in [1.165, 1.54) is 10.4 Å². The summed E-state index contributed by atoms with van der Waals surface area (Å²) in [7, 11) is 0. The molecule has 0 saturated heterocycles. The zero-order chi connectivity index (χ0) is 19.3. The molecule has 0 spiro atoms. The summed E-state index contributed by atoms with van der Waals surface area (Å²) in [6.07, 6.45) is 2.64. The number of fused-ring (bicyclic) bond motifs is 2. The minimum absolute atomic E-state index is 0.161. The maximum absolute atomic E-state index is 13.4. The molecule has 0 radical (unpaired) electrons. The van der Waals surface area contributed by atoms with Crippen molar-refractivity contribution in [2.45, 2.75) is 26.4 Å². The molecule has 0 fully saturated rings. The Morgan fingerprint density at radius 2 is 2.04 bits per heavy atom. The highest BCUT2D eigenvalue weighted by atomic mass is 35.5. The van der Waals surface area contributed by atoms with Crippen LogP contribution in [-0.2, 0) is 19.5 Å². The Hall–Kier alpha value is -2.64. The summed E-state index contributed by atoms with van der Waals surface area (Å²) in [5, 5.41) is 2.76. The molecule has 0 N–H and O–H groups in total. The largest absolute Gasteiger partial charge is 0.337 e. The molecule has 142 valence electrons. The lowest BCUT2D eigenvalue weighted by atomic mass is 10.1. The molecule has 8 heteroatoms. The van der Waals surface area contributed by atoms with Gasteiger partial charge < -0.3 is 9.47 Å². The molecule has 0 saturated carbocycles. The molecule has 1 aliphatic heterocycles. The van der Waals surface area contributed by atoms with Gasteiger partial charge in [-0.2, -0.15) is 4.98 Å². The predicted molar refractivity (Wildman–Crippen MR) is 113 cm³/mol. The highest BCUT2D eigenvalue weighted by Crippen LogP contribution is 2.28. The molecule has 4 aromatic rings. The van der Waals surface area contributed by atoms with Crippen LogP contribution in [-0.4, -0.2) is 25.6 Å². The standard InChI is InChI=1S/C20H18ClN5OS/c1-2-24-12-22-17-18(24)23-20(25-9-7-16-13(11-25)8-10-28-16)26(19(17)27)15-5-3-14(21)4-6-15/h3-6,8,10,12H,2,7,9,11H2,1H3. The summed E-state index contributed by atoms with van der Waals surface area (Å²) < 4.78 is 3.56. The molecule has 28 heavy (non-hydrogen) atoms. The van der Waals surface area contributed by atoms with Crippen LogP contribution in [0.3, 0.4) is 0 Å². The normalized spacial score (nSPS) is 13.9. The van der Waals surface area contributed by atoms with Gasteiger partial charge in [0, 0.05) is 29.5 Å². The summed E-state index contributed by atoms with van der Waals surface area (Å²) in [6.45, 7) is 4.29. The third-order valence-corrected chi connectivity index (χ3v) is 6.41. The number of nitrogens with zero attached hydrogens (tertiary/aromatic N) is 5. The molecule has 5 rings (SSSR count). The number of thiophene rings is 1. The molecule has 1 aromatic carbocycles. The van der Waals surface area contributed by atoms with E-state index in [9.17, 15) is 4.79 Å². The summed E-state index contributed by atoms with van der Waals surface area (Å²) in [5.41, 5.74) is 2.89. The Morgan fingerprint density at radius 3 is 2.82 bits per heavy atom. The van der Waals surface area contributed by atoms with Crippen molar-refractivity contribution in [3.05, 3.63) is 67.9 Å². The van der Waals surface area contributed by atoms with Gasteiger partial charge in [-0.25, -0.2) is 9.55 Å². The van der Waals surface area contributed by atoms with E-state index in [2.05, 4.69) is 21.3 Å². The second-order valence-corrected chi connectivity index (χ2v) is 8.21. The fourth-order valence-electron chi connectivity index (χ4n) is 3.67. The molecule has 0 atom stereocenters. The quantitative estimate of drug-likeness (QED) is 0.513. The summed E-state index contributed by atoms with van der Waals surface area (Å²) in [6, 6.07) is 9.42. The molecule has 0 unspecified atom stereocenters. The highest BCUT2D eigenvalue weighted by Gasteiger charge is 2.24. The Kier molecular flexibility index (Phi) is 4.21. The molecular weight excluding hydrogens is 394 g/mol. The molecule has 0 amide bonds. The van der Waals surface area contributed by atoms with Crippen molar-refractivity contribution in [3.8, 4) is 5.69 Å². The maximum Gasteiger partial charge on any atom is 0.287 e. The van der Waals surface area contributed by atoms with Crippen molar-refractivity contribution in [1.29, 1.82) is 0 Å². The van der Waals surface area contributed by atoms with Gasteiger partial charge in [0.15, 0.2) is 11.2 Å². The van der Waals surface area contributed by atoms with Crippen molar-refractivity contribution in [2.75, 3.05) is 11.4 Å². The smallest absolute Gasteiger partial charge is 0.287 e. The van der Waals surface area contributed by atoms with E-state index in [1.807, 2.05) is 23.6 Å². The molecule has 6 nitrogen and oxygen atoms in total. The molecule has 1 aliphatic rings. The predicted octanol–water partition coefficient (Wildman–Crippen LogP) is 3.88. The first-order valence-corrected chi connectivity index (χ1v) is 10.5. The van der Waals surface area contributed by atoms with Crippen molar-refractivity contribution in [1.82, 2.24) is 19.1 Å². The Labute approximate surface area is 170 Å². The number of aryl methyl sites for hydroxylation is 1. The van der Waals surface area contributed by atoms with Gasteiger partial charge in [-0.1, -0.05) is 11.6 Å². The van der Waals surface area contributed by atoms with Gasteiger partial charge in [-0.3, -0.25) is 4.79 Å². The number of aromatic nitrogens is 4. The average molecular weight is 412 g/mol. The van der Waals surface area contributed by atoms with Gasteiger partial charge in [0.05, 0.1) is 12.0 Å². The number of imidazole rings is 1. The van der Waals surface area contributed by atoms with E-state index in [1.54, 1.807) is 34.4 Å². The second-order valence-electron chi connectivity index (χ2n) is 6.77. The maximum atomic E-state index is 13.4. The third-order valence-electron chi connectivity index (χ3n) is 5.14. The van der Waals surface area contributed by atoms with E-state index in [0.29, 0.717) is 28.7 Å². The van der Waals surface area contributed by atoms with Crippen LogP contribution in [0.25, 0.3) is 16.9 Å². The SMILES string of the molecule is CCn1cnc2c(=O)n(-c3ccc(Cl)cc3)c(N3CCc4sccc4C3)nc21. The van der Waals surface area contributed by atoms with E-state index in [0.717, 1.165) is 25.2 Å². The van der Waals surface area contributed by atoms with Crippen LogP contribution >= 0.6 is 22.9 Å². The number of hydrogen-bond donors (Lipinski definition) is 0. The van der Waals surface area contributed by atoms with Crippen LogP contribution in [0, 0.1) is 0 Å². The van der Waals surface area contributed by atoms with Crippen molar-refractivity contribution >= 4 is 40.0 Å². The van der Waals surface area contributed by atoms with Crippen LogP contribution in [0.4, 0.5) is 5.95 Å². The Bertz CT molecular complexity index is 1220. The van der Waals surface area contributed by atoms with Crippen LogP contribution in [0.5, 0.6) is 0 Å². The molecular formula is C20H18ClN5OS. The summed E-state index contributed by atoms with van der Waals surface area (Å²) >= 11 is 7.85. The van der Waals surface area contributed by atoms with Crippen LogP contribution in [0.1, 0.15) is 17.4 Å². The number of hydrogen-bond acceptors (Lipinski definition) is 5.